The first-order chi connectivity index (χ1) is 14.9. The smallest absolute Gasteiger partial charge is 0.425 e. The highest BCUT2D eigenvalue weighted by molar-refractivity contribution is 6.12. The Hall–Kier alpha value is -3.73. The number of aromatic nitrogens is 4. The Morgan fingerprint density at radius 1 is 0.969 bits per heavy atom. The van der Waals surface area contributed by atoms with Crippen LogP contribution in [0.5, 0.6) is 5.75 Å². The zero-order chi connectivity index (χ0) is 23.7. The molecule has 0 aliphatic carbocycles. The first-order valence-electron chi connectivity index (χ1n) is 9.81. The zero-order valence-electron chi connectivity index (χ0n) is 18.7. The first-order valence-corrected chi connectivity index (χ1v) is 9.81. The van der Waals surface area contributed by atoms with E-state index in [0.717, 1.165) is 4.90 Å². The number of imide groups is 1. The number of benzene rings is 1. The van der Waals surface area contributed by atoms with E-state index in [1.54, 1.807) is 76.7 Å². The van der Waals surface area contributed by atoms with Crippen molar-refractivity contribution in [3.8, 4) is 11.4 Å². The van der Waals surface area contributed by atoms with Crippen LogP contribution in [0.15, 0.2) is 36.9 Å². The van der Waals surface area contributed by atoms with Crippen molar-refractivity contribution < 1.29 is 33.8 Å². The second-order valence-electron chi connectivity index (χ2n) is 8.92. The fourth-order valence-electron chi connectivity index (χ4n) is 2.77. The molecule has 0 atom stereocenters. The van der Waals surface area contributed by atoms with Crippen molar-refractivity contribution in [2.75, 3.05) is 4.90 Å². The summed E-state index contributed by atoms with van der Waals surface area (Å²) in [5.41, 5.74) is -0.315. The van der Waals surface area contributed by atoms with Crippen molar-refractivity contribution in [1.82, 2.24) is 15.0 Å². The SMILES string of the molecule is CC(C)(C)OC(=O)N(C(=O)OC(C)(C)C)c1ncnc2c1[nH]c[n+]2-c1ccc(OO)cc1. The molecule has 0 unspecified atom stereocenters. The van der Waals surface area contributed by atoms with Gasteiger partial charge in [0.25, 0.3) is 0 Å². The minimum Gasteiger partial charge on any atom is -0.443 e. The Labute approximate surface area is 184 Å². The van der Waals surface area contributed by atoms with Crippen molar-refractivity contribution in [2.45, 2.75) is 52.7 Å². The molecule has 2 heterocycles. The third kappa shape index (κ3) is 5.11. The van der Waals surface area contributed by atoms with E-state index in [1.807, 2.05) is 0 Å². The highest BCUT2D eigenvalue weighted by atomic mass is 17.1. The molecule has 0 fully saturated rings. The normalized spacial score (nSPS) is 11.8. The van der Waals surface area contributed by atoms with Gasteiger partial charge in [0.1, 0.15) is 16.9 Å². The van der Waals surface area contributed by atoms with Crippen LogP contribution in [0.4, 0.5) is 15.4 Å². The summed E-state index contributed by atoms with van der Waals surface area (Å²) in [5.74, 6) is 0.248. The van der Waals surface area contributed by atoms with Gasteiger partial charge in [-0.3, -0.25) is 4.98 Å². The van der Waals surface area contributed by atoms with Gasteiger partial charge in [0.15, 0.2) is 24.2 Å². The summed E-state index contributed by atoms with van der Waals surface area (Å²) >= 11 is 0. The third-order valence-corrected chi connectivity index (χ3v) is 3.96. The Bertz CT molecular complexity index is 1100. The fourth-order valence-corrected chi connectivity index (χ4v) is 2.77. The molecular weight excluding hydrogens is 418 g/mol. The van der Waals surface area contributed by atoms with Crippen LogP contribution >= 0.6 is 0 Å². The highest BCUT2D eigenvalue weighted by Crippen LogP contribution is 2.25. The van der Waals surface area contributed by atoms with E-state index in [1.165, 1.54) is 6.33 Å². The molecule has 0 bridgehead atoms. The summed E-state index contributed by atoms with van der Waals surface area (Å²) in [4.78, 5) is 42.3. The maximum atomic E-state index is 13.0. The van der Waals surface area contributed by atoms with E-state index in [9.17, 15) is 9.59 Å². The predicted octanol–water partition coefficient (Wildman–Crippen LogP) is 3.76. The summed E-state index contributed by atoms with van der Waals surface area (Å²) in [6.07, 6.45) is 0.962. The number of fused-ring (bicyclic) bond motifs is 1. The summed E-state index contributed by atoms with van der Waals surface area (Å²) in [5, 5.41) is 8.77. The quantitative estimate of drug-likeness (QED) is 0.355. The van der Waals surface area contributed by atoms with Crippen LogP contribution in [0, 0.1) is 0 Å². The van der Waals surface area contributed by atoms with E-state index in [4.69, 9.17) is 14.7 Å². The van der Waals surface area contributed by atoms with Crippen LogP contribution in [0.1, 0.15) is 41.5 Å². The van der Waals surface area contributed by atoms with Gasteiger partial charge < -0.3 is 14.4 Å². The number of H-pyrrole nitrogens is 1. The molecule has 2 N–H and O–H groups in total. The number of carbonyl (C=O) groups excluding carboxylic acids is 2. The maximum Gasteiger partial charge on any atom is 0.425 e. The number of nitrogens with one attached hydrogen (secondary N) is 1. The number of hydrogen-bond acceptors (Lipinski definition) is 8. The lowest BCUT2D eigenvalue weighted by Gasteiger charge is -2.27. The number of ether oxygens (including phenoxy) is 2. The van der Waals surface area contributed by atoms with E-state index in [2.05, 4.69) is 19.8 Å². The van der Waals surface area contributed by atoms with Crippen LogP contribution < -0.4 is 14.4 Å². The molecule has 0 aliphatic rings. The van der Waals surface area contributed by atoms with Crippen molar-refractivity contribution in [1.29, 1.82) is 0 Å². The molecule has 32 heavy (non-hydrogen) atoms. The van der Waals surface area contributed by atoms with Crippen LogP contribution in [-0.4, -0.2) is 43.6 Å². The number of carbonyl (C=O) groups is 2. The van der Waals surface area contributed by atoms with Crippen molar-refractivity contribution in [3.63, 3.8) is 0 Å². The van der Waals surface area contributed by atoms with E-state index in [0.29, 0.717) is 16.9 Å². The van der Waals surface area contributed by atoms with Gasteiger partial charge in [-0.05, 0) is 65.8 Å². The van der Waals surface area contributed by atoms with Gasteiger partial charge in [0.05, 0.1) is 0 Å². The summed E-state index contributed by atoms with van der Waals surface area (Å²) in [7, 11) is 0. The standard InChI is InChI=1S/C21H25N5O6/c1-20(2,3)30-18(27)26(19(28)31-21(4,5)6)17-15-16(22-11-23-17)25(12-24-15)13-7-9-14(32-29)10-8-13/h7-12,29H,1-6H3/p+1. The van der Waals surface area contributed by atoms with Crippen LogP contribution in [-0.2, 0) is 9.47 Å². The van der Waals surface area contributed by atoms with Crippen LogP contribution in [0.25, 0.3) is 16.9 Å². The van der Waals surface area contributed by atoms with E-state index in [-0.39, 0.29) is 11.6 Å². The molecule has 0 saturated heterocycles. The number of aromatic amines is 1. The largest absolute Gasteiger partial charge is 0.443 e. The summed E-state index contributed by atoms with van der Waals surface area (Å²) < 4.78 is 12.5. The number of anilines is 1. The molecule has 11 nitrogen and oxygen atoms in total. The van der Waals surface area contributed by atoms with Gasteiger partial charge in [-0.2, -0.15) is 14.5 Å². The van der Waals surface area contributed by atoms with Crippen LogP contribution in [0.3, 0.4) is 0 Å². The van der Waals surface area contributed by atoms with Gasteiger partial charge in [0.2, 0.25) is 5.52 Å². The van der Waals surface area contributed by atoms with Gasteiger partial charge in [-0.15, -0.1) is 0 Å². The molecule has 11 heteroatoms. The molecule has 1 aromatic carbocycles. The molecule has 3 rings (SSSR count). The lowest BCUT2D eigenvalue weighted by Crippen LogP contribution is -2.44. The molecule has 3 aromatic rings. The van der Waals surface area contributed by atoms with Gasteiger partial charge in [0, 0.05) is 0 Å². The second kappa shape index (κ2) is 8.42. The average molecular weight is 444 g/mol. The number of amides is 2. The van der Waals surface area contributed by atoms with Gasteiger partial charge >= 0.3 is 17.8 Å². The number of imidazole rings is 1. The van der Waals surface area contributed by atoms with E-state index < -0.39 is 23.4 Å². The van der Waals surface area contributed by atoms with Crippen molar-refractivity contribution in [3.05, 3.63) is 36.9 Å². The average Bonchev–Trinajstić information content (AvgIpc) is 3.10. The first kappa shape index (κ1) is 22.9. The molecule has 2 aromatic heterocycles. The topological polar surface area (TPSA) is 131 Å². The van der Waals surface area contributed by atoms with E-state index >= 15 is 0 Å². The van der Waals surface area contributed by atoms with Gasteiger partial charge in [-0.1, -0.05) is 4.98 Å². The molecule has 170 valence electrons. The fraction of sp³-hybridized carbons (Fsp3) is 0.381. The Balaban J connectivity index is 2.10. The highest BCUT2D eigenvalue weighted by Gasteiger charge is 2.36. The van der Waals surface area contributed by atoms with Crippen molar-refractivity contribution in [2.24, 2.45) is 0 Å². The third-order valence-electron chi connectivity index (χ3n) is 3.96. The lowest BCUT2D eigenvalue weighted by atomic mass is 10.2. The Kier molecular flexibility index (Phi) is 6.04. The van der Waals surface area contributed by atoms with Crippen LogP contribution in [0.2, 0.25) is 0 Å². The Morgan fingerprint density at radius 2 is 1.53 bits per heavy atom. The molecular formula is C21H26N5O6+. The lowest BCUT2D eigenvalue weighted by molar-refractivity contribution is -0.569. The second-order valence-corrected chi connectivity index (χ2v) is 8.92. The number of hydrogen-bond donors (Lipinski definition) is 2. The number of nitrogens with zero attached hydrogens (tertiary/aromatic N) is 4. The molecule has 0 saturated carbocycles. The molecule has 2 amide bonds. The minimum atomic E-state index is -0.933. The number of rotatable bonds is 3. The van der Waals surface area contributed by atoms with Gasteiger partial charge in [-0.25, -0.2) is 14.8 Å². The molecule has 0 radical (unpaired) electrons. The predicted molar refractivity (Wildman–Crippen MR) is 114 cm³/mol. The maximum absolute atomic E-state index is 13.0. The minimum absolute atomic E-state index is 0.0208. The monoisotopic (exact) mass is 444 g/mol. The molecule has 0 spiro atoms. The molecule has 0 aliphatic heterocycles. The summed E-state index contributed by atoms with van der Waals surface area (Å²) in [6.45, 7) is 10.1. The summed E-state index contributed by atoms with van der Waals surface area (Å²) in [6, 6.07) is 6.52. The Morgan fingerprint density at radius 3 is 2.03 bits per heavy atom. The van der Waals surface area contributed by atoms with Crippen molar-refractivity contribution >= 4 is 29.2 Å². The zero-order valence-corrected chi connectivity index (χ0v) is 18.7.